The summed E-state index contributed by atoms with van der Waals surface area (Å²) >= 11 is 0. The third-order valence-corrected chi connectivity index (χ3v) is 4.44. The third kappa shape index (κ3) is 3.85. The summed E-state index contributed by atoms with van der Waals surface area (Å²) in [6.07, 6.45) is 7.37. The lowest BCUT2D eigenvalue weighted by Crippen LogP contribution is -2.29. The minimum absolute atomic E-state index is 0.0589. The largest absolute Gasteiger partial charge is 0.508 e. The molecule has 1 N–H and O–H groups in total. The van der Waals surface area contributed by atoms with Gasteiger partial charge in [0.25, 0.3) is 0 Å². The first-order valence-corrected chi connectivity index (χ1v) is 8.33. The highest BCUT2D eigenvalue weighted by atomic mass is 16.3. The van der Waals surface area contributed by atoms with E-state index in [1.165, 1.54) is 16.4 Å². The van der Waals surface area contributed by atoms with Crippen LogP contribution in [0.15, 0.2) is 54.3 Å². The lowest BCUT2D eigenvalue weighted by Gasteiger charge is -2.19. The Balaban J connectivity index is 2.76. The summed E-state index contributed by atoms with van der Waals surface area (Å²) < 4.78 is 0. The zero-order valence-corrected chi connectivity index (χ0v) is 14.9. The maximum Gasteiger partial charge on any atom is 0.115 e. The first kappa shape index (κ1) is 17.3. The Morgan fingerprint density at radius 1 is 1.26 bits per heavy atom. The molecule has 1 heteroatoms. The molecular weight excluding hydrogens is 280 g/mol. The van der Waals surface area contributed by atoms with Crippen molar-refractivity contribution in [3.8, 4) is 0 Å². The van der Waals surface area contributed by atoms with Crippen LogP contribution in [-0.4, -0.2) is 5.11 Å². The van der Waals surface area contributed by atoms with Gasteiger partial charge in [-0.25, -0.2) is 0 Å². The molecule has 1 aliphatic rings. The molecule has 2 rings (SSSR count). The first-order valence-electron chi connectivity index (χ1n) is 8.33. The molecule has 0 bridgehead atoms. The Bertz CT molecular complexity index is 782. The minimum atomic E-state index is 0.0589. The lowest BCUT2D eigenvalue weighted by molar-refractivity contribution is 0.430. The van der Waals surface area contributed by atoms with E-state index < -0.39 is 0 Å². The molecule has 0 amide bonds. The van der Waals surface area contributed by atoms with Crippen molar-refractivity contribution in [2.45, 2.75) is 52.4 Å². The number of benzene rings is 1. The monoisotopic (exact) mass is 308 g/mol. The van der Waals surface area contributed by atoms with Gasteiger partial charge < -0.3 is 5.11 Å². The predicted molar refractivity (Wildman–Crippen MR) is 101 cm³/mol. The fourth-order valence-corrected chi connectivity index (χ4v) is 3.00. The second-order valence-electron chi connectivity index (χ2n) is 7.31. The number of hydrogen-bond donors (Lipinski definition) is 1. The zero-order valence-electron chi connectivity index (χ0n) is 14.9. The highest BCUT2D eigenvalue weighted by Gasteiger charge is 2.16. The van der Waals surface area contributed by atoms with Crippen molar-refractivity contribution in [1.29, 1.82) is 0 Å². The average molecular weight is 308 g/mol. The molecule has 0 saturated carbocycles. The molecule has 122 valence electrons. The van der Waals surface area contributed by atoms with E-state index in [0.29, 0.717) is 5.57 Å². The minimum Gasteiger partial charge on any atom is -0.508 e. The SMILES string of the molecule is C=C(O)C(=C)C1=c2ccc(C(C)(C)C)cc2=CC/C(=C\CC)C1. The van der Waals surface area contributed by atoms with E-state index in [-0.39, 0.29) is 11.2 Å². The summed E-state index contributed by atoms with van der Waals surface area (Å²) in [4.78, 5) is 0. The van der Waals surface area contributed by atoms with Crippen LogP contribution in [0.3, 0.4) is 0 Å². The second-order valence-corrected chi connectivity index (χ2v) is 7.31. The van der Waals surface area contributed by atoms with Crippen LogP contribution in [0.1, 0.15) is 52.5 Å². The summed E-state index contributed by atoms with van der Waals surface area (Å²) in [7, 11) is 0. The second kappa shape index (κ2) is 6.62. The quantitative estimate of drug-likeness (QED) is 0.488. The summed E-state index contributed by atoms with van der Waals surface area (Å²) in [5.41, 5.74) is 4.55. The highest BCUT2D eigenvalue weighted by Crippen LogP contribution is 2.26. The summed E-state index contributed by atoms with van der Waals surface area (Å²) in [5.74, 6) is 0.0589. The van der Waals surface area contributed by atoms with Crippen LogP contribution < -0.4 is 10.4 Å². The number of rotatable bonds is 3. The first-order chi connectivity index (χ1) is 10.7. The Morgan fingerprint density at radius 3 is 2.52 bits per heavy atom. The third-order valence-electron chi connectivity index (χ3n) is 4.44. The van der Waals surface area contributed by atoms with Crippen molar-refractivity contribution in [1.82, 2.24) is 0 Å². The topological polar surface area (TPSA) is 20.2 Å². The van der Waals surface area contributed by atoms with E-state index in [0.717, 1.165) is 30.1 Å². The van der Waals surface area contributed by atoms with Crippen molar-refractivity contribution >= 4 is 11.6 Å². The van der Waals surface area contributed by atoms with Crippen molar-refractivity contribution < 1.29 is 5.11 Å². The van der Waals surface area contributed by atoms with E-state index in [2.05, 4.69) is 71.2 Å². The van der Waals surface area contributed by atoms with Gasteiger partial charge in [0.2, 0.25) is 0 Å². The van der Waals surface area contributed by atoms with Crippen LogP contribution in [-0.2, 0) is 5.41 Å². The Morgan fingerprint density at radius 2 is 1.96 bits per heavy atom. The molecule has 0 fully saturated rings. The van der Waals surface area contributed by atoms with E-state index in [1.54, 1.807) is 0 Å². The Labute approximate surface area is 140 Å². The molecule has 0 unspecified atom stereocenters. The van der Waals surface area contributed by atoms with Gasteiger partial charge in [-0.05, 0) is 46.3 Å². The van der Waals surface area contributed by atoms with Crippen LogP contribution in [0.5, 0.6) is 0 Å². The molecular formula is C22H28O. The number of aliphatic hydroxyl groups is 1. The van der Waals surface area contributed by atoms with E-state index in [4.69, 9.17) is 0 Å². The van der Waals surface area contributed by atoms with Gasteiger partial charge in [-0.1, -0.05) is 76.8 Å². The van der Waals surface area contributed by atoms with Crippen molar-refractivity contribution in [3.63, 3.8) is 0 Å². The van der Waals surface area contributed by atoms with Crippen LogP contribution in [0, 0.1) is 0 Å². The smallest absolute Gasteiger partial charge is 0.115 e. The van der Waals surface area contributed by atoms with Gasteiger partial charge in [-0.15, -0.1) is 0 Å². The van der Waals surface area contributed by atoms with Gasteiger partial charge in [-0.2, -0.15) is 0 Å². The fourth-order valence-electron chi connectivity index (χ4n) is 3.00. The Hall–Kier alpha value is -2.02. The maximum absolute atomic E-state index is 9.85. The zero-order chi connectivity index (χ0) is 17.2. The van der Waals surface area contributed by atoms with Gasteiger partial charge in [0.15, 0.2) is 0 Å². The van der Waals surface area contributed by atoms with E-state index in [1.807, 2.05) is 0 Å². The van der Waals surface area contributed by atoms with Gasteiger partial charge in [-0.3, -0.25) is 0 Å². The predicted octanol–water partition coefficient (Wildman–Crippen LogP) is 4.67. The van der Waals surface area contributed by atoms with Gasteiger partial charge >= 0.3 is 0 Å². The van der Waals surface area contributed by atoms with Gasteiger partial charge in [0, 0.05) is 5.57 Å². The average Bonchev–Trinajstić information content (AvgIpc) is 2.65. The molecule has 0 aromatic heterocycles. The number of aliphatic hydroxyl groups excluding tert-OH is 1. The summed E-state index contributed by atoms with van der Waals surface area (Å²) in [6, 6.07) is 6.64. The van der Waals surface area contributed by atoms with Crippen molar-refractivity contribution in [2.75, 3.05) is 0 Å². The Kier molecular flexibility index (Phi) is 4.99. The van der Waals surface area contributed by atoms with Gasteiger partial charge in [0.1, 0.15) is 5.76 Å². The van der Waals surface area contributed by atoms with Crippen molar-refractivity contribution in [3.05, 3.63) is 70.3 Å². The molecule has 0 heterocycles. The standard InChI is InChI=1S/C22H28O/c1-7-8-17-9-10-18-14-19(22(4,5)6)11-12-20(18)21(13-17)15(2)16(3)23/h8,10-12,14,23H,2-3,7,9,13H2,1,4-6H3/b17-8+. The molecule has 0 radical (unpaired) electrons. The molecule has 1 aromatic rings. The number of hydrogen-bond acceptors (Lipinski definition) is 1. The lowest BCUT2D eigenvalue weighted by atomic mass is 9.86. The van der Waals surface area contributed by atoms with Crippen LogP contribution in [0.2, 0.25) is 0 Å². The van der Waals surface area contributed by atoms with Crippen LogP contribution in [0.4, 0.5) is 0 Å². The highest BCUT2D eigenvalue weighted by molar-refractivity contribution is 5.72. The van der Waals surface area contributed by atoms with Gasteiger partial charge in [0.05, 0.1) is 0 Å². The fraction of sp³-hybridized carbons (Fsp3) is 0.364. The molecule has 1 nitrogen and oxygen atoms in total. The normalized spacial score (nSPS) is 16.5. The number of fused-ring (bicyclic) bond motifs is 1. The molecule has 1 aliphatic carbocycles. The molecule has 0 atom stereocenters. The molecule has 23 heavy (non-hydrogen) atoms. The van der Waals surface area contributed by atoms with E-state index in [9.17, 15) is 5.11 Å². The van der Waals surface area contributed by atoms with Crippen LogP contribution in [0.25, 0.3) is 11.6 Å². The van der Waals surface area contributed by atoms with Crippen molar-refractivity contribution in [2.24, 2.45) is 0 Å². The maximum atomic E-state index is 9.85. The molecule has 1 aromatic carbocycles. The summed E-state index contributed by atoms with van der Waals surface area (Å²) in [5, 5.41) is 12.2. The van der Waals surface area contributed by atoms with E-state index >= 15 is 0 Å². The molecule has 0 saturated heterocycles. The summed E-state index contributed by atoms with van der Waals surface area (Å²) in [6.45, 7) is 16.6. The number of allylic oxidation sites excluding steroid dienone is 3. The van der Waals surface area contributed by atoms with Crippen LogP contribution >= 0.6 is 0 Å². The molecule has 0 aliphatic heterocycles. The molecule has 0 spiro atoms.